The molecule has 1 aliphatic rings. The predicted molar refractivity (Wildman–Crippen MR) is 62.8 cm³/mol. The van der Waals surface area contributed by atoms with Crippen molar-refractivity contribution in [2.45, 2.75) is 25.4 Å². The molecule has 94 valence electrons. The number of nitrogens with zero attached hydrogens (tertiary/aromatic N) is 4. The van der Waals surface area contributed by atoms with Gasteiger partial charge in [-0.05, 0) is 18.9 Å². The maximum atomic E-state index is 12.3. The number of hydrogen-bond donors (Lipinski definition) is 0. The first-order valence-corrected chi connectivity index (χ1v) is 6.02. The third kappa shape index (κ3) is 2.01. The first-order valence-electron chi connectivity index (χ1n) is 6.02. The highest BCUT2D eigenvalue weighted by Crippen LogP contribution is 2.21. The zero-order chi connectivity index (χ0) is 12.4. The van der Waals surface area contributed by atoms with Gasteiger partial charge in [0.15, 0.2) is 0 Å². The SMILES string of the molecule is O=C(c1ccoc1)N1CCCC1Cn1nccn1. The van der Waals surface area contributed by atoms with Gasteiger partial charge in [-0.1, -0.05) is 0 Å². The highest BCUT2D eigenvalue weighted by atomic mass is 16.3. The van der Waals surface area contributed by atoms with Gasteiger partial charge in [0, 0.05) is 6.54 Å². The topological polar surface area (TPSA) is 64.2 Å². The molecule has 0 aliphatic carbocycles. The number of furan rings is 1. The summed E-state index contributed by atoms with van der Waals surface area (Å²) < 4.78 is 4.96. The van der Waals surface area contributed by atoms with Crippen LogP contribution in [0.2, 0.25) is 0 Å². The number of carbonyl (C=O) groups is 1. The van der Waals surface area contributed by atoms with E-state index in [0.717, 1.165) is 19.4 Å². The lowest BCUT2D eigenvalue weighted by molar-refractivity contribution is 0.0717. The molecule has 3 rings (SSSR count). The Bertz CT molecular complexity index is 506. The Hall–Kier alpha value is -2.11. The van der Waals surface area contributed by atoms with E-state index in [2.05, 4.69) is 10.2 Å². The monoisotopic (exact) mass is 246 g/mol. The molecule has 0 spiro atoms. The summed E-state index contributed by atoms with van der Waals surface area (Å²) in [7, 11) is 0. The van der Waals surface area contributed by atoms with E-state index in [0.29, 0.717) is 12.1 Å². The first kappa shape index (κ1) is 11.0. The van der Waals surface area contributed by atoms with Crippen LogP contribution in [0.15, 0.2) is 35.4 Å². The van der Waals surface area contributed by atoms with E-state index in [-0.39, 0.29) is 11.9 Å². The van der Waals surface area contributed by atoms with Gasteiger partial charge in [0.2, 0.25) is 0 Å². The molecule has 1 atom stereocenters. The molecule has 6 nitrogen and oxygen atoms in total. The van der Waals surface area contributed by atoms with Crippen molar-refractivity contribution in [1.29, 1.82) is 0 Å². The van der Waals surface area contributed by atoms with Gasteiger partial charge in [0.1, 0.15) is 6.26 Å². The summed E-state index contributed by atoms with van der Waals surface area (Å²) in [5, 5.41) is 8.17. The van der Waals surface area contributed by atoms with Gasteiger partial charge in [0.05, 0.1) is 36.8 Å². The number of hydrogen-bond acceptors (Lipinski definition) is 4. The van der Waals surface area contributed by atoms with Crippen LogP contribution in [0.3, 0.4) is 0 Å². The van der Waals surface area contributed by atoms with Crippen LogP contribution in [0.1, 0.15) is 23.2 Å². The Labute approximate surface area is 104 Å². The fourth-order valence-corrected chi connectivity index (χ4v) is 2.37. The summed E-state index contributed by atoms with van der Waals surface area (Å²) >= 11 is 0. The zero-order valence-electron chi connectivity index (χ0n) is 9.90. The van der Waals surface area contributed by atoms with Gasteiger partial charge in [-0.25, -0.2) is 0 Å². The van der Waals surface area contributed by atoms with Crippen LogP contribution in [0.4, 0.5) is 0 Å². The summed E-state index contributed by atoms with van der Waals surface area (Å²) in [6.07, 6.45) is 8.33. The van der Waals surface area contributed by atoms with Crippen molar-refractivity contribution in [2.75, 3.05) is 6.54 Å². The maximum Gasteiger partial charge on any atom is 0.257 e. The number of amides is 1. The molecule has 1 amide bonds. The van der Waals surface area contributed by atoms with E-state index in [4.69, 9.17) is 4.42 Å². The normalized spacial score (nSPS) is 19.3. The summed E-state index contributed by atoms with van der Waals surface area (Å²) in [5.74, 6) is 0.0263. The van der Waals surface area contributed by atoms with Gasteiger partial charge < -0.3 is 9.32 Å². The second-order valence-electron chi connectivity index (χ2n) is 4.39. The van der Waals surface area contributed by atoms with Crippen LogP contribution in [0.25, 0.3) is 0 Å². The van der Waals surface area contributed by atoms with Crippen LogP contribution >= 0.6 is 0 Å². The van der Waals surface area contributed by atoms with E-state index in [1.807, 2.05) is 4.90 Å². The average molecular weight is 246 g/mol. The second-order valence-corrected chi connectivity index (χ2v) is 4.39. The van der Waals surface area contributed by atoms with E-state index in [1.54, 1.807) is 23.3 Å². The molecule has 18 heavy (non-hydrogen) atoms. The van der Waals surface area contributed by atoms with Gasteiger partial charge in [-0.2, -0.15) is 15.0 Å². The van der Waals surface area contributed by atoms with Gasteiger partial charge in [-0.3, -0.25) is 4.79 Å². The standard InChI is InChI=1S/C12H14N4O2/c17-12(10-3-7-18-9-10)15-6-1-2-11(15)8-16-13-4-5-14-16/h3-5,7,9,11H,1-2,6,8H2. The lowest BCUT2D eigenvalue weighted by atomic mass is 10.2. The summed E-state index contributed by atoms with van der Waals surface area (Å²) in [6.45, 7) is 1.44. The third-order valence-electron chi connectivity index (χ3n) is 3.25. The Morgan fingerprint density at radius 3 is 3.00 bits per heavy atom. The Balaban J connectivity index is 1.73. The molecule has 1 unspecified atom stereocenters. The lowest BCUT2D eigenvalue weighted by Crippen LogP contribution is -2.38. The minimum absolute atomic E-state index is 0.0263. The van der Waals surface area contributed by atoms with Crippen LogP contribution in [0, 0.1) is 0 Å². The van der Waals surface area contributed by atoms with Crippen molar-refractivity contribution in [3.8, 4) is 0 Å². The van der Waals surface area contributed by atoms with E-state index >= 15 is 0 Å². The van der Waals surface area contributed by atoms with Gasteiger partial charge in [-0.15, -0.1) is 0 Å². The molecule has 1 aliphatic heterocycles. The predicted octanol–water partition coefficient (Wildman–Crippen LogP) is 1.18. The maximum absolute atomic E-state index is 12.3. The fraction of sp³-hybridized carbons (Fsp3) is 0.417. The van der Waals surface area contributed by atoms with Crippen LogP contribution < -0.4 is 0 Å². The molecule has 0 radical (unpaired) electrons. The minimum atomic E-state index is 0.0263. The van der Waals surface area contributed by atoms with Crippen molar-refractivity contribution in [3.05, 3.63) is 36.5 Å². The molecule has 0 bridgehead atoms. The second kappa shape index (κ2) is 4.64. The largest absolute Gasteiger partial charge is 0.472 e. The molecule has 2 aromatic heterocycles. The van der Waals surface area contributed by atoms with Crippen molar-refractivity contribution in [1.82, 2.24) is 19.9 Å². The summed E-state index contributed by atoms with van der Waals surface area (Å²) in [4.78, 5) is 15.8. The summed E-state index contributed by atoms with van der Waals surface area (Å²) in [6, 6.07) is 1.86. The molecule has 6 heteroatoms. The molecule has 0 aromatic carbocycles. The highest BCUT2D eigenvalue weighted by Gasteiger charge is 2.30. The molecule has 1 saturated heterocycles. The van der Waals surface area contributed by atoms with Crippen molar-refractivity contribution < 1.29 is 9.21 Å². The summed E-state index contributed by atoms with van der Waals surface area (Å²) in [5.41, 5.74) is 0.607. The zero-order valence-corrected chi connectivity index (χ0v) is 9.90. The molecule has 1 fully saturated rings. The van der Waals surface area contributed by atoms with E-state index in [9.17, 15) is 4.79 Å². The van der Waals surface area contributed by atoms with Crippen LogP contribution in [0.5, 0.6) is 0 Å². The Morgan fingerprint density at radius 1 is 1.44 bits per heavy atom. The van der Waals surface area contributed by atoms with Crippen LogP contribution in [-0.2, 0) is 6.54 Å². The van der Waals surface area contributed by atoms with Gasteiger partial charge in [0.25, 0.3) is 5.91 Å². The van der Waals surface area contributed by atoms with Gasteiger partial charge >= 0.3 is 0 Å². The lowest BCUT2D eigenvalue weighted by Gasteiger charge is -2.23. The molecular formula is C12H14N4O2. The molecular weight excluding hydrogens is 232 g/mol. The van der Waals surface area contributed by atoms with E-state index < -0.39 is 0 Å². The average Bonchev–Trinajstić information content (AvgIpc) is 3.12. The first-order chi connectivity index (χ1) is 8.84. The Morgan fingerprint density at radius 2 is 2.28 bits per heavy atom. The van der Waals surface area contributed by atoms with Crippen molar-refractivity contribution >= 4 is 5.91 Å². The third-order valence-corrected chi connectivity index (χ3v) is 3.25. The Kier molecular flexibility index (Phi) is 2.84. The fourth-order valence-electron chi connectivity index (χ4n) is 2.37. The van der Waals surface area contributed by atoms with Crippen molar-refractivity contribution in [2.24, 2.45) is 0 Å². The molecule has 2 aromatic rings. The molecule has 0 N–H and O–H groups in total. The number of carbonyl (C=O) groups excluding carboxylic acids is 1. The highest BCUT2D eigenvalue weighted by molar-refractivity contribution is 5.94. The van der Waals surface area contributed by atoms with Crippen molar-refractivity contribution in [3.63, 3.8) is 0 Å². The molecule has 0 saturated carbocycles. The number of rotatable bonds is 3. The smallest absolute Gasteiger partial charge is 0.257 e. The number of aromatic nitrogens is 3. The van der Waals surface area contributed by atoms with E-state index in [1.165, 1.54) is 12.5 Å². The van der Waals surface area contributed by atoms with Crippen LogP contribution in [-0.4, -0.2) is 38.4 Å². The minimum Gasteiger partial charge on any atom is -0.472 e. The number of likely N-dealkylation sites (tertiary alicyclic amines) is 1. The quantitative estimate of drug-likeness (QED) is 0.815. The molecule has 3 heterocycles.